The lowest BCUT2D eigenvalue weighted by molar-refractivity contribution is -0.154. The Morgan fingerprint density at radius 2 is 2.15 bits per heavy atom. The van der Waals surface area contributed by atoms with Crippen LogP contribution in [0.1, 0.15) is 43.4 Å². The highest BCUT2D eigenvalue weighted by Gasteiger charge is 2.51. The molecule has 106 valence electrons. The maximum Gasteiger partial charge on any atom is 0.319 e. The van der Waals surface area contributed by atoms with Gasteiger partial charge in [0.1, 0.15) is 5.41 Å². The highest BCUT2D eigenvalue weighted by atomic mass is 16.5. The molecular formula is C14H18N4O2. The monoisotopic (exact) mass is 274 g/mol. The molecule has 6 nitrogen and oxygen atoms in total. The van der Waals surface area contributed by atoms with Gasteiger partial charge in [0.05, 0.1) is 6.61 Å². The van der Waals surface area contributed by atoms with Gasteiger partial charge < -0.3 is 4.74 Å². The minimum atomic E-state index is -0.642. The molecule has 0 aromatic carbocycles. The fourth-order valence-electron chi connectivity index (χ4n) is 2.86. The Morgan fingerprint density at radius 3 is 2.75 bits per heavy atom. The minimum Gasteiger partial charge on any atom is -0.465 e. The Labute approximate surface area is 117 Å². The average Bonchev–Trinajstić information content (AvgIpc) is 2.72. The Balaban J connectivity index is 2.16. The van der Waals surface area contributed by atoms with Gasteiger partial charge in [-0.2, -0.15) is 0 Å². The first kappa shape index (κ1) is 13.0. The summed E-state index contributed by atoms with van der Waals surface area (Å²) >= 11 is 0. The van der Waals surface area contributed by atoms with Crippen molar-refractivity contribution >= 4 is 11.7 Å². The highest BCUT2D eigenvalue weighted by molar-refractivity contribution is 5.83. The molecule has 2 aromatic rings. The topological polar surface area (TPSA) is 69.4 Å². The minimum absolute atomic E-state index is 0.194. The number of esters is 1. The van der Waals surface area contributed by atoms with Crippen LogP contribution in [0.5, 0.6) is 0 Å². The Kier molecular flexibility index (Phi) is 2.96. The largest absolute Gasteiger partial charge is 0.465 e. The van der Waals surface area contributed by atoms with Gasteiger partial charge in [0.15, 0.2) is 5.82 Å². The molecule has 0 aliphatic heterocycles. The third kappa shape index (κ3) is 1.71. The van der Waals surface area contributed by atoms with Gasteiger partial charge in [-0.05, 0) is 39.7 Å². The van der Waals surface area contributed by atoms with Gasteiger partial charge >= 0.3 is 5.97 Å². The van der Waals surface area contributed by atoms with E-state index in [4.69, 9.17) is 4.74 Å². The summed E-state index contributed by atoms with van der Waals surface area (Å²) in [5, 5.41) is 8.37. The maximum absolute atomic E-state index is 12.3. The number of carbonyl (C=O) groups excluding carboxylic acids is 1. The molecule has 0 N–H and O–H groups in total. The van der Waals surface area contributed by atoms with Crippen molar-refractivity contribution in [1.29, 1.82) is 0 Å². The van der Waals surface area contributed by atoms with Gasteiger partial charge in [0, 0.05) is 11.4 Å². The van der Waals surface area contributed by atoms with E-state index in [1.807, 2.05) is 31.2 Å². The van der Waals surface area contributed by atoms with Gasteiger partial charge in [0.2, 0.25) is 0 Å². The zero-order chi connectivity index (χ0) is 14.3. The summed E-state index contributed by atoms with van der Waals surface area (Å²) < 4.78 is 7.12. The summed E-state index contributed by atoms with van der Waals surface area (Å²) in [6.07, 6.45) is 2.53. The van der Waals surface area contributed by atoms with E-state index >= 15 is 0 Å². The van der Waals surface area contributed by atoms with E-state index in [0.717, 1.165) is 30.7 Å². The SMILES string of the molecule is CCOC(=O)C1(c2nnc3nc(C)cc(C)n23)CCC1. The van der Waals surface area contributed by atoms with Crippen molar-refractivity contribution in [2.75, 3.05) is 6.61 Å². The van der Waals surface area contributed by atoms with Crippen LogP contribution in [0.25, 0.3) is 5.78 Å². The highest BCUT2D eigenvalue weighted by Crippen LogP contribution is 2.44. The Morgan fingerprint density at radius 1 is 1.40 bits per heavy atom. The molecule has 0 saturated heterocycles. The van der Waals surface area contributed by atoms with E-state index < -0.39 is 5.41 Å². The summed E-state index contributed by atoms with van der Waals surface area (Å²) in [6, 6.07) is 1.97. The molecule has 2 heterocycles. The molecule has 2 aromatic heterocycles. The van der Waals surface area contributed by atoms with Crippen LogP contribution in [0.2, 0.25) is 0 Å². The Hall–Kier alpha value is -1.98. The molecule has 0 atom stereocenters. The number of aromatic nitrogens is 4. The van der Waals surface area contributed by atoms with Crippen LogP contribution in [-0.2, 0) is 14.9 Å². The van der Waals surface area contributed by atoms with E-state index in [-0.39, 0.29) is 5.97 Å². The fourth-order valence-corrected chi connectivity index (χ4v) is 2.86. The number of aryl methyl sites for hydroxylation is 2. The van der Waals surface area contributed by atoms with Crippen LogP contribution < -0.4 is 0 Å². The third-order valence-corrected chi connectivity index (χ3v) is 3.99. The molecule has 0 unspecified atom stereocenters. The number of fused-ring (bicyclic) bond motifs is 1. The summed E-state index contributed by atoms with van der Waals surface area (Å²) in [5.41, 5.74) is 1.24. The molecule has 0 amide bonds. The van der Waals surface area contributed by atoms with Gasteiger partial charge in [-0.15, -0.1) is 10.2 Å². The van der Waals surface area contributed by atoms with Crippen LogP contribution in [-0.4, -0.2) is 32.2 Å². The van der Waals surface area contributed by atoms with Gasteiger partial charge in [-0.1, -0.05) is 6.42 Å². The molecule has 1 saturated carbocycles. The first-order valence-electron chi connectivity index (χ1n) is 6.95. The van der Waals surface area contributed by atoms with Crippen LogP contribution >= 0.6 is 0 Å². The number of hydrogen-bond donors (Lipinski definition) is 0. The second kappa shape index (κ2) is 4.54. The van der Waals surface area contributed by atoms with Crippen molar-refractivity contribution in [2.24, 2.45) is 0 Å². The van der Waals surface area contributed by atoms with Crippen molar-refractivity contribution in [2.45, 2.75) is 45.4 Å². The first-order chi connectivity index (χ1) is 9.58. The molecule has 0 spiro atoms. The maximum atomic E-state index is 12.3. The molecule has 6 heteroatoms. The van der Waals surface area contributed by atoms with E-state index in [1.54, 1.807) is 0 Å². The average molecular weight is 274 g/mol. The van der Waals surface area contributed by atoms with Crippen LogP contribution in [0.3, 0.4) is 0 Å². The molecule has 1 aliphatic carbocycles. The van der Waals surface area contributed by atoms with E-state index in [0.29, 0.717) is 18.2 Å². The molecule has 20 heavy (non-hydrogen) atoms. The van der Waals surface area contributed by atoms with Gasteiger partial charge in [-0.3, -0.25) is 9.20 Å². The molecule has 0 radical (unpaired) electrons. The number of hydrogen-bond acceptors (Lipinski definition) is 5. The molecule has 1 aliphatic rings. The number of ether oxygens (including phenoxy) is 1. The van der Waals surface area contributed by atoms with Gasteiger partial charge in [0.25, 0.3) is 5.78 Å². The van der Waals surface area contributed by atoms with Crippen LogP contribution in [0, 0.1) is 13.8 Å². The van der Waals surface area contributed by atoms with Crippen molar-refractivity contribution in [3.63, 3.8) is 0 Å². The van der Waals surface area contributed by atoms with E-state index in [1.165, 1.54) is 0 Å². The predicted octanol–water partition coefficient (Wildman–Crippen LogP) is 1.73. The van der Waals surface area contributed by atoms with Crippen molar-refractivity contribution in [3.8, 4) is 0 Å². The first-order valence-corrected chi connectivity index (χ1v) is 6.95. The fraction of sp³-hybridized carbons (Fsp3) is 0.571. The summed E-state index contributed by atoms with van der Waals surface area (Å²) in [7, 11) is 0. The number of carbonyl (C=O) groups is 1. The zero-order valence-corrected chi connectivity index (χ0v) is 12.0. The number of rotatable bonds is 3. The normalized spacial score (nSPS) is 16.9. The lowest BCUT2D eigenvalue weighted by Gasteiger charge is -2.37. The summed E-state index contributed by atoms with van der Waals surface area (Å²) in [5.74, 6) is 1.02. The standard InChI is InChI=1S/C14H18N4O2/c1-4-20-12(19)14(6-5-7-14)11-16-17-13-15-9(2)8-10(3)18(11)13/h8H,4-7H2,1-3H3. The van der Waals surface area contributed by atoms with Gasteiger partial charge in [-0.25, -0.2) is 4.98 Å². The lowest BCUT2D eigenvalue weighted by Crippen LogP contribution is -2.45. The summed E-state index contributed by atoms with van der Waals surface area (Å²) in [6.45, 7) is 6.11. The molecule has 0 bridgehead atoms. The van der Waals surface area contributed by atoms with E-state index in [9.17, 15) is 4.79 Å². The second-order valence-corrected chi connectivity index (χ2v) is 5.35. The van der Waals surface area contributed by atoms with Crippen molar-refractivity contribution in [1.82, 2.24) is 19.6 Å². The quantitative estimate of drug-likeness (QED) is 0.797. The lowest BCUT2D eigenvalue weighted by atomic mass is 9.68. The summed E-state index contributed by atoms with van der Waals surface area (Å²) in [4.78, 5) is 16.7. The Bertz CT molecular complexity index is 673. The molecule has 3 rings (SSSR count). The smallest absolute Gasteiger partial charge is 0.319 e. The van der Waals surface area contributed by atoms with Crippen LogP contribution in [0.4, 0.5) is 0 Å². The van der Waals surface area contributed by atoms with Crippen molar-refractivity contribution in [3.05, 3.63) is 23.3 Å². The van der Waals surface area contributed by atoms with E-state index in [2.05, 4.69) is 15.2 Å². The predicted molar refractivity (Wildman–Crippen MR) is 72.4 cm³/mol. The third-order valence-electron chi connectivity index (χ3n) is 3.99. The van der Waals surface area contributed by atoms with Crippen molar-refractivity contribution < 1.29 is 9.53 Å². The zero-order valence-electron chi connectivity index (χ0n) is 12.0. The molecular weight excluding hydrogens is 256 g/mol. The number of nitrogens with zero attached hydrogens (tertiary/aromatic N) is 4. The second-order valence-electron chi connectivity index (χ2n) is 5.35. The van der Waals surface area contributed by atoms with Crippen LogP contribution in [0.15, 0.2) is 6.07 Å². The molecule has 1 fully saturated rings.